The lowest BCUT2D eigenvalue weighted by atomic mass is 10.1. The Balaban J connectivity index is 2.85. The lowest BCUT2D eigenvalue weighted by molar-refractivity contribution is 0.171. The topological polar surface area (TPSA) is 70.9 Å². The van der Waals surface area contributed by atoms with Crippen LogP contribution in [0.4, 0.5) is 4.79 Å². The molecule has 86 valence electrons. The molecule has 2 N–H and O–H groups in total. The predicted molar refractivity (Wildman–Crippen MR) is 63.7 cm³/mol. The molecule has 0 aliphatic carbocycles. The highest BCUT2D eigenvalue weighted by molar-refractivity contribution is 9.10. The van der Waals surface area contributed by atoms with Gasteiger partial charge in [-0.15, -0.1) is 0 Å². The zero-order valence-corrected chi connectivity index (χ0v) is 10.4. The molecule has 0 unspecified atom stereocenters. The van der Waals surface area contributed by atoms with Gasteiger partial charge in [-0.05, 0) is 24.6 Å². The van der Waals surface area contributed by atoms with Gasteiger partial charge in [0.05, 0.1) is 13.3 Å². The molecule has 1 aromatic carbocycles. The second-order valence-electron chi connectivity index (χ2n) is 3.02. The first kappa shape index (κ1) is 12.5. The second kappa shape index (κ2) is 5.50. The van der Waals surface area contributed by atoms with Crippen molar-refractivity contribution in [1.29, 1.82) is 0 Å². The largest absolute Gasteiger partial charge is 0.507 e. The highest BCUT2D eigenvalue weighted by atomic mass is 79.9. The molecule has 0 radical (unpaired) electrons. The number of ether oxygens (including phenoxy) is 1. The first-order valence-electron chi connectivity index (χ1n) is 4.40. The normalized spacial score (nSPS) is 10.4. The van der Waals surface area contributed by atoms with Gasteiger partial charge in [0.2, 0.25) is 0 Å². The molecule has 0 aliphatic heterocycles. The lowest BCUT2D eigenvalue weighted by Crippen LogP contribution is -2.16. The van der Waals surface area contributed by atoms with Crippen LogP contribution >= 0.6 is 15.9 Å². The quantitative estimate of drug-likeness (QED) is 0.646. The second-order valence-corrected chi connectivity index (χ2v) is 3.94. The number of hydrogen-bond donors (Lipinski definition) is 2. The lowest BCUT2D eigenvalue weighted by Gasteiger charge is -2.03. The fourth-order valence-electron chi connectivity index (χ4n) is 1.06. The standard InChI is InChI=1S/C10H11BrN2O3/c1-6-3-8(11)4-7(9(6)14)5-12-13-10(15)16-2/h3-5,14H,1-2H3,(H,13,15). The van der Waals surface area contributed by atoms with Crippen LogP contribution < -0.4 is 5.43 Å². The predicted octanol–water partition coefficient (Wildman–Crippen LogP) is 2.15. The van der Waals surface area contributed by atoms with Crippen LogP contribution in [0, 0.1) is 6.92 Å². The Kier molecular flexibility index (Phi) is 4.30. The van der Waals surface area contributed by atoms with E-state index in [0.29, 0.717) is 11.1 Å². The van der Waals surface area contributed by atoms with E-state index in [1.165, 1.54) is 13.3 Å². The number of phenols is 1. The van der Waals surface area contributed by atoms with Gasteiger partial charge in [-0.25, -0.2) is 10.2 Å². The van der Waals surface area contributed by atoms with Crippen molar-refractivity contribution < 1.29 is 14.6 Å². The summed E-state index contributed by atoms with van der Waals surface area (Å²) in [5.41, 5.74) is 3.35. The van der Waals surface area contributed by atoms with E-state index in [-0.39, 0.29) is 5.75 Å². The minimum absolute atomic E-state index is 0.124. The molecule has 0 atom stereocenters. The molecule has 5 nitrogen and oxygen atoms in total. The Bertz CT molecular complexity index is 432. The van der Waals surface area contributed by atoms with Crippen molar-refractivity contribution in [1.82, 2.24) is 5.43 Å². The Morgan fingerprint density at radius 3 is 2.94 bits per heavy atom. The number of carbonyl (C=O) groups is 1. The molecule has 0 heterocycles. The van der Waals surface area contributed by atoms with Gasteiger partial charge in [0.15, 0.2) is 0 Å². The number of halogens is 1. The minimum Gasteiger partial charge on any atom is -0.507 e. The Labute approximate surface area is 101 Å². The number of amides is 1. The van der Waals surface area contributed by atoms with Crippen molar-refractivity contribution >= 4 is 28.2 Å². The van der Waals surface area contributed by atoms with Gasteiger partial charge in [0.1, 0.15) is 5.75 Å². The third-order valence-electron chi connectivity index (χ3n) is 1.84. The molecule has 0 saturated carbocycles. The summed E-state index contributed by atoms with van der Waals surface area (Å²) in [6.45, 7) is 1.77. The van der Waals surface area contributed by atoms with Gasteiger partial charge in [0, 0.05) is 10.0 Å². The number of phenolic OH excluding ortho intramolecular Hbond substituents is 1. The van der Waals surface area contributed by atoms with Crippen LogP contribution in [0.2, 0.25) is 0 Å². The van der Waals surface area contributed by atoms with Crippen LogP contribution in [0.5, 0.6) is 5.75 Å². The summed E-state index contributed by atoms with van der Waals surface area (Å²) >= 11 is 3.30. The fourth-order valence-corrected chi connectivity index (χ4v) is 1.65. The Hall–Kier alpha value is -1.56. The van der Waals surface area contributed by atoms with E-state index in [1.54, 1.807) is 19.1 Å². The van der Waals surface area contributed by atoms with Crippen LogP contribution in [-0.2, 0) is 4.74 Å². The van der Waals surface area contributed by atoms with Crippen molar-refractivity contribution in [2.75, 3.05) is 7.11 Å². The Morgan fingerprint density at radius 1 is 1.62 bits per heavy atom. The van der Waals surface area contributed by atoms with Crippen LogP contribution in [0.1, 0.15) is 11.1 Å². The fraction of sp³-hybridized carbons (Fsp3) is 0.200. The molecule has 1 rings (SSSR count). The zero-order chi connectivity index (χ0) is 12.1. The van der Waals surface area contributed by atoms with Crippen LogP contribution in [-0.4, -0.2) is 24.5 Å². The average Bonchev–Trinajstić information content (AvgIpc) is 2.24. The number of methoxy groups -OCH3 is 1. The summed E-state index contributed by atoms with van der Waals surface area (Å²) < 4.78 is 5.15. The number of aryl methyl sites for hydroxylation is 1. The third-order valence-corrected chi connectivity index (χ3v) is 2.30. The van der Waals surface area contributed by atoms with Crippen molar-refractivity contribution in [3.8, 4) is 5.75 Å². The first-order chi connectivity index (χ1) is 7.54. The molecule has 0 saturated heterocycles. The summed E-state index contributed by atoms with van der Waals surface area (Å²) in [5.74, 6) is 0.124. The first-order valence-corrected chi connectivity index (χ1v) is 5.20. The van der Waals surface area contributed by atoms with E-state index in [2.05, 4.69) is 31.2 Å². The molecule has 6 heteroatoms. The summed E-state index contributed by atoms with van der Waals surface area (Å²) in [4.78, 5) is 10.7. The highest BCUT2D eigenvalue weighted by Crippen LogP contribution is 2.25. The van der Waals surface area contributed by atoms with Crippen LogP contribution in [0.3, 0.4) is 0 Å². The van der Waals surface area contributed by atoms with Crippen molar-refractivity contribution in [2.45, 2.75) is 6.92 Å². The summed E-state index contributed by atoms with van der Waals surface area (Å²) in [7, 11) is 1.24. The molecular formula is C10H11BrN2O3. The monoisotopic (exact) mass is 286 g/mol. The number of carbonyl (C=O) groups excluding carboxylic acids is 1. The van der Waals surface area contributed by atoms with Crippen molar-refractivity contribution in [2.24, 2.45) is 5.10 Å². The number of rotatable bonds is 2. The van der Waals surface area contributed by atoms with E-state index >= 15 is 0 Å². The maximum atomic E-state index is 10.7. The smallest absolute Gasteiger partial charge is 0.427 e. The third kappa shape index (κ3) is 3.23. The summed E-state index contributed by atoms with van der Waals surface area (Å²) in [6, 6.07) is 3.46. The van der Waals surface area contributed by atoms with Crippen molar-refractivity contribution in [3.63, 3.8) is 0 Å². The SMILES string of the molecule is COC(=O)NN=Cc1cc(Br)cc(C)c1O. The average molecular weight is 287 g/mol. The number of nitrogens with one attached hydrogen (secondary N) is 1. The molecule has 0 aromatic heterocycles. The number of nitrogens with zero attached hydrogens (tertiary/aromatic N) is 1. The molecule has 1 aromatic rings. The summed E-state index contributed by atoms with van der Waals surface area (Å²) in [6.07, 6.45) is 0.673. The molecule has 1 amide bonds. The molecule has 0 spiro atoms. The maximum absolute atomic E-state index is 10.7. The number of aromatic hydroxyl groups is 1. The van der Waals surface area contributed by atoms with Gasteiger partial charge < -0.3 is 9.84 Å². The number of hydrazone groups is 1. The molecule has 16 heavy (non-hydrogen) atoms. The van der Waals surface area contributed by atoms with E-state index in [9.17, 15) is 9.90 Å². The van der Waals surface area contributed by atoms with Gasteiger partial charge in [-0.3, -0.25) is 0 Å². The summed E-state index contributed by atoms with van der Waals surface area (Å²) in [5, 5.41) is 13.3. The highest BCUT2D eigenvalue weighted by Gasteiger charge is 2.04. The number of hydrogen-bond acceptors (Lipinski definition) is 4. The molecule has 0 fully saturated rings. The van der Waals surface area contributed by atoms with E-state index in [1.807, 2.05) is 0 Å². The van der Waals surface area contributed by atoms with Gasteiger partial charge in [-0.2, -0.15) is 5.10 Å². The van der Waals surface area contributed by atoms with Gasteiger partial charge in [0.25, 0.3) is 0 Å². The van der Waals surface area contributed by atoms with Gasteiger partial charge >= 0.3 is 6.09 Å². The van der Waals surface area contributed by atoms with Crippen LogP contribution in [0.25, 0.3) is 0 Å². The molecule has 0 aliphatic rings. The van der Waals surface area contributed by atoms with Gasteiger partial charge in [-0.1, -0.05) is 15.9 Å². The maximum Gasteiger partial charge on any atom is 0.427 e. The molecule has 0 bridgehead atoms. The zero-order valence-electron chi connectivity index (χ0n) is 8.82. The van der Waals surface area contributed by atoms with Crippen molar-refractivity contribution in [3.05, 3.63) is 27.7 Å². The van der Waals surface area contributed by atoms with Crippen LogP contribution in [0.15, 0.2) is 21.7 Å². The van der Waals surface area contributed by atoms with E-state index in [4.69, 9.17) is 0 Å². The Morgan fingerprint density at radius 2 is 2.31 bits per heavy atom. The molecular weight excluding hydrogens is 276 g/mol. The minimum atomic E-state index is -0.664. The van der Waals surface area contributed by atoms with E-state index in [0.717, 1.165) is 4.47 Å². The van der Waals surface area contributed by atoms with E-state index < -0.39 is 6.09 Å². The number of benzene rings is 1.